The van der Waals surface area contributed by atoms with Crippen molar-refractivity contribution in [3.8, 4) is 11.5 Å². The Hall–Kier alpha value is -3.74. The van der Waals surface area contributed by atoms with Crippen LogP contribution in [0.5, 0.6) is 11.5 Å². The number of nitrogens with zero attached hydrogens (tertiary/aromatic N) is 1. The zero-order valence-electron chi connectivity index (χ0n) is 16.3. The van der Waals surface area contributed by atoms with Crippen molar-refractivity contribution in [2.45, 2.75) is 6.61 Å². The van der Waals surface area contributed by atoms with E-state index in [9.17, 15) is 9.59 Å². The van der Waals surface area contributed by atoms with Crippen molar-refractivity contribution in [1.82, 2.24) is 4.90 Å². The number of rotatable bonds is 8. The zero-order valence-corrected chi connectivity index (χ0v) is 16.3. The lowest BCUT2D eigenvalue weighted by Gasteiger charge is -2.11. The molecule has 2 aromatic carbocycles. The molecule has 0 atom stereocenters. The minimum absolute atomic E-state index is 0.0458. The summed E-state index contributed by atoms with van der Waals surface area (Å²) in [6.07, 6.45) is 1.46. The fraction of sp³-hybridized carbons (Fsp3) is 0.182. The Balaban J connectivity index is 1.56. The molecule has 1 N–H and O–H groups in total. The Labute approximate surface area is 168 Å². The lowest BCUT2D eigenvalue weighted by molar-refractivity contribution is -0.130. The van der Waals surface area contributed by atoms with Gasteiger partial charge in [-0.15, -0.1) is 0 Å². The summed E-state index contributed by atoms with van der Waals surface area (Å²) in [4.78, 5) is 25.6. The number of para-hydroxylation sites is 1. The molecule has 2 amide bonds. The summed E-state index contributed by atoms with van der Waals surface area (Å²) >= 11 is 0. The van der Waals surface area contributed by atoms with E-state index in [1.165, 1.54) is 11.2 Å². The van der Waals surface area contributed by atoms with E-state index in [0.29, 0.717) is 22.7 Å². The summed E-state index contributed by atoms with van der Waals surface area (Å²) in [5.74, 6) is 0.929. The maximum atomic E-state index is 12.5. The number of furan rings is 1. The number of amides is 2. The van der Waals surface area contributed by atoms with E-state index in [2.05, 4.69) is 5.32 Å². The van der Waals surface area contributed by atoms with Crippen LogP contribution in [0.25, 0.3) is 0 Å². The van der Waals surface area contributed by atoms with Crippen molar-refractivity contribution < 1.29 is 23.5 Å². The first-order valence-electron chi connectivity index (χ1n) is 9.01. The first kappa shape index (κ1) is 20.0. The molecule has 0 aliphatic carbocycles. The van der Waals surface area contributed by atoms with E-state index < -0.39 is 0 Å². The number of carbonyl (C=O) groups is 2. The van der Waals surface area contributed by atoms with E-state index in [-0.39, 0.29) is 30.8 Å². The maximum absolute atomic E-state index is 12.5. The molecule has 0 aliphatic heterocycles. The van der Waals surface area contributed by atoms with Gasteiger partial charge in [-0.3, -0.25) is 9.59 Å². The van der Waals surface area contributed by atoms with Crippen molar-refractivity contribution >= 4 is 17.5 Å². The first-order valence-corrected chi connectivity index (χ1v) is 9.01. The molecule has 150 valence electrons. The van der Waals surface area contributed by atoms with E-state index in [4.69, 9.17) is 13.9 Å². The molecule has 0 unspecified atom stereocenters. The van der Waals surface area contributed by atoms with Gasteiger partial charge in [0.15, 0.2) is 12.4 Å². The molecular formula is C22H22N2O5. The average Bonchev–Trinajstić information content (AvgIpc) is 3.21. The normalized spacial score (nSPS) is 10.3. The van der Waals surface area contributed by atoms with Gasteiger partial charge in [0, 0.05) is 25.3 Å². The number of anilines is 1. The van der Waals surface area contributed by atoms with Crippen LogP contribution in [0, 0.1) is 0 Å². The summed E-state index contributed by atoms with van der Waals surface area (Å²) < 4.78 is 16.4. The van der Waals surface area contributed by atoms with Crippen LogP contribution in [0.3, 0.4) is 0 Å². The number of nitrogens with one attached hydrogen (secondary N) is 1. The Morgan fingerprint density at radius 1 is 0.931 bits per heavy atom. The summed E-state index contributed by atoms with van der Waals surface area (Å²) in [5, 5.41) is 2.77. The molecule has 29 heavy (non-hydrogen) atoms. The van der Waals surface area contributed by atoms with Crippen molar-refractivity contribution in [3.63, 3.8) is 0 Å². The Kier molecular flexibility index (Phi) is 6.52. The number of likely N-dealkylation sites (N-methyl/N-ethyl adjacent to an activating group) is 1. The molecule has 3 rings (SSSR count). The van der Waals surface area contributed by atoms with E-state index >= 15 is 0 Å². The fourth-order valence-corrected chi connectivity index (χ4v) is 2.42. The number of carbonyl (C=O) groups excluding carboxylic acids is 2. The molecule has 0 saturated heterocycles. The molecule has 0 spiro atoms. The third kappa shape index (κ3) is 5.62. The monoisotopic (exact) mass is 394 g/mol. The lowest BCUT2D eigenvalue weighted by atomic mass is 10.2. The minimum atomic E-state index is -0.377. The third-order valence-electron chi connectivity index (χ3n) is 4.06. The lowest BCUT2D eigenvalue weighted by Crippen LogP contribution is -2.27. The standard InChI is InChI=1S/C22H22N2O5/c1-24(2)20(25)15-29-19-10-8-17(9-11-19)23-22(26)21-16(12-13-27-21)14-28-18-6-4-3-5-7-18/h3-13H,14-15H2,1-2H3,(H,23,26). The molecule has 1 aromatic heterocycles. The second-order valence-corrected chi connectivity index (χ2v) is 6.43. The van der Waals surface area contributed by atoms with Crippen molar-refractivity contribution in [2.24, 2.45) is 0 Å². The van der Waals surface area contributed by atoms with Gasteiger partial charge in [0.05, 0.1) is 6.26 Å². The maximum Gasteiger partial charge on any atom is 0.291 e. The summed E-state index contributed by atoms with van der Waals surface area (Å²) in [5.41, 5.74) is 1.22. The predicted octanol–water partition coefficient (Wildman–Crippen LogP) is 3.58. The highest BCUT2D eigenvalue weighted by molar-refractivity contribution is 6.03. The highest BCUT2D eigenvalue weighted by Gasteiger charge is 2.16. The van der Waals surface area contributed by atoms with Gasteiger partial charge in [0.2, 0.25) is 0 Å². The van der Waals surface area contributed by atoms with E-state index in [0.717, 1.165) is 0 Å². The van der Waals surface area contributed by atoms with Gasteiger partial charge < -0.3 is 24.1 Å². The quantitative estimate of drug-likeness (QED) is 0.632. The number of benzene rings is 2. The molecule has 3 aromatic rings. The highest BCUT2D eigenvalue weighted by Crippen LogP contribution is 2.19. The number of hydrogen-bond acceptors (Lipinski definition) is 5. The second-order valence-electron chi connectivity index (χ2n) is 6.43. The van der Waals surface area contributed by atoms with Gasteiger partial charge in [0.25, 0.3) is 11.8 Å². The molecule has 0 aliphatic rings. The molecule has 0 fully saturated rings. The van der Waals surface area contributed by atoms with Crippen LogP contribution >= 0.6 is 0 Å². The number of hydrogen-bond donors (Lipinski definition) is 1. The van der Waals surface area contributed by atoms with Crippen molar-refractivity contribution in [3.05, 3.63) is 78.3 Å². The molecule has 0 saturated carbocycles. The SMILES string of the molecule is CN(C)C(=O)COc1ccc(NC(=O)c2occc2COc2ccccc2)cc1. The van der Waals surface area contributed by atoms with Gasteiger partial charge in [-0.2, -0.15) is 0 Å². The first-order chi connectivity index (χ1) is 14.0. The van der Waals surface area contributed by atoms with Crippen LogP contribution in [0.1, 0.15) is 16.1 Å². The highest BCUT2D eigenvalue weighted by atomic mass is 16.5. The van der Waals surface area contributed by atoms with Crippen molar-refractivity contribution in [2.75, 3.05) is 26.0 Å². The molecule has 0 bridgehead atoms. The summed E-state index contributed by atoms with van der Waals surface area (Å²) in [6.45, 7) is 0.172. The van der Waals surface area contributed by atoms with E-state index in [1.54, 1.807) is 44.4 Å². The largest absolute Gasteiger partial charge is 0.489 e. The predicted molar refractivity (Wildman–Crippen MR) is 108 cm³/mol. The number of ether oxygens (including phenoxy) is 2. The topological polar surface area (TPSA) is 81.0 Å². The van der Waals surface area contributed by atoms with Gasteiger partial charge >= 0.3 is 0 Å². The van der Waals surface area contributed by atoms with E-state index in [1.807, 2.05) is 30.3 Å². The van der Waals surface area contributed by atoms with Crippen molar-refractivity contribution in [1.29, 1.82) is 0 Å². The molecule has 0 radical (unpaired) electrons. The van der Waals surface area contributed by atoms with Gasteiger partial charge in [-0.25, -0.2) is 0 Å². The fourth-order valence-electron chi connectivity index (χ4n) is 2.42. The molecular weight excluding hydrogens is 372 g/mol. The molecule has 1 heterocycles. The average molecular weight is 394 g/mol. The van der Waals surface area contributed by atoms with Gasteiger partial charge in [-0.1, -0.05) is 18.2 Å². The van der Waals surface area contributed by atoms with Crippen LogP contribution in [0.4, 0.5) is 5.69 Å². The van der Waals surface area contributed by atoms with Gasteiger partial charge in [0.1, 0.15) is 18.1 Å². The molecule has 7 nitrogen and oxygen atoms in total. The van der Waals surface area contributed by atoms with Gasteiger partial charge in [-0.05, 0) is 42.5 Å². The van der Waals surface area contributed by atoms with Crippen LogP contribution in [-0.4, -0.2) is 37.4 Å². The molecule has 7 heteroatoms. The van der Waals surface area contributed by atoms with Crippen LogP contribution in [0.15, 0.2) is 71.3 Å². The smallest absolute Gasteiger partial charge is 0.291 e. The summed E-state index contributed by atoms with van der Waals surface area (Å²) in [7, 11) is 3.33. The second kappa shape index (κ2) is 9.45. The Morgan fingerprint density at radius 3 is 2.31 bits per heavy atom. The summed E-state index contributed by atoms with van der Waals surface area (Å²) in [6, 6.07) is 17.8. The Bertz CT molecular complexity index is 949. The van der Waals surface area contributed by atoms with Crippen LogP contribution in [-0.2, 0) is 11.4 Å². The van der Waals surface area contributed by atoms with Crippen LogP contribution in [0.2, 0.25) is 0 Å². The zero-order chi connectivity index (χ0) is 20.6. The van der Waals surface area contributed by atoms with Crippen LogP contribution < -0.4 is 14.8 Å². The Morgan fingerprint density at radius 2 is 1.62 bits per heavy atom. The minimum Gasteiger partial charge on any atom is -0.489 e. The third-order valence-corrected chi connectivity index (χ3v) is 4.06.